The summed E-state index contributed by atoms with van der Waals surface area (Å²) in [5, 5.41) is 5.29. The molecule has 0 fully saturated rings. The molecule has 0 aromatic heterocycles. The van der Waals surface area contributed by atoms with Gasteiger partial charge in [-0.2, -0.15) is 11.8 Å². The molecule has 0 unspecified atom stereocenters. The smallest absolute Gasteiger partial charge is 0.237 e. The minimum absolute atomic E-state index is 0.0767. The number of fused-ring (bicyclic) bond motifs is 1. The molecule has 0 saturated heterocycles. The Morgan fingerprint density at radius 2 is 2.00 bits per heavy atom. The number of nitrogens with one attached hydrogen (secondary N) is 1. The first-order chi connectivity index (χ1) is 9.70. The van der Waals surface area contributed by atoms with Gasteiger partial charge in [-0.1, -0.05) is 36.4 Å². The number of rotatable bonds is 6. The molecule has 0 aliphatic rings. The SMILES string of the molecule is CSCC[C@H](N)C(=O)NCc1ccc2ccccc2c1. The summed E-state index contributed by atoms with van der Waals surface area (Å²) in [5.41, 5.74) is 6.92. The lowest BCUT2D eigenvalue weighted by atomic mass is 10.1. The lowest BCUT2D eigenvalue weighted by molar-refractivity contribution is -0.122. The normalized spacial score (nSPS) is 12.3. The van der Waals surface area contributed by atoms with Crippen LogP contribution in [0.4, 0.5) is 0 Å². The van der Waals surface area contributed by atoms with E-state index < -0.39 is 6.04 Å². The lowest BCUT2D eigenvalue weighted by Crippen LogP contribution is -2.40. The number of thioether (sulfide) groups is 1. The highest BCUT2D eigenvalue weighted by atomic mass is 32.2. The molecule has 0 heterocycles. The van der Waals surface area contributed by atoms with Crippen LogP contribution in [0.15, 0.2) is 42.5 Å². The number of amides is 1. The maximum atomic E-state index is 11.8. The number of carbonyl (C=O) groups excluding carboxylic acids is 1. The summed E-state index contributed by atoms with van der Waals surface area (Å²) in [5.74, 6) is 0.831. The molecule has 1 atom stereocenters. The van der Waals surface area contributed by atoms with Crippen molar-refractivity contribution in [1.29, 1.82) is 0 Å². The zero-order valence-corrected chi connectivity index (χ0v) is 12.5. The Morgan fingerprint density at radius 3 is 2.75 bits per heavy atom. The van der Waals surface area contributed by atoms with Crippen molar-refractivity contribution >= 4 is 28.4 Å². The predicted octanol–water partition coefficient (Wildman–Crippen LogP) is 2.54. The largest absolute Gasteiger partial charge is 0.351 e. The monoisotopic (exact) mass is 288 g/mol. The van der Waals surface area contributed by atoms with E-state index in [0.717, 1.165) is 11.3 Å². The van der Waals surface area contributed by atoms with Crippen molar-refractivity contribution in [3.63, 3.8) is 0 Å². The van der Waals surface area contributed by atoms with Crippen LogP contribution in [0.1, 0.15) is 12.0 Å². The second kappa shape index (κ2) is 7.31. The first kappa shape index (κ1) is 14.9. The topological polar surface area (TPSA) is 55.1 Å². The Balaban J connectivity index is 1.93. The van der Waals surface area contributed by atoms with Gasteiger partial charge in [0.1, 0.15) is 0 Å². The maximum Gasteiger partial charge on any atom is 0.237 e. The van der Waals surface area contributed by atoms with Crippen LogP contribution >= 0.6 is 11.8 Å². The number of nitrogens with two attached hydrogens (primary N) is 1. The summed E-state index contributed by atoms with van der Waals surface area (Å²) in [7, 11) is 0. The van der Waals surface area contributed by atoms with Gasteiger partial charge in [0, 0.05) is 6.54 Å². The van der Waals surface area contributed by atoms with Crippen LogP contribution < -0.4 is 11.1 Å². The van der Waals surface area contributed by atoms with E-state index in [-0.39, 0.29) is 5.91 Å². The van der Waals surface area contributed by atoms with Crippen LogP contribution in [-0.4, -0.2) is 24.0 Å². The number of hydrogen-bond acceptors (Lipinski definition) is 3. The zero-order valence-electron chi connectivity index (χ0n) is 11.6. The van der Waals surface area contributed by atoms with Crippen molar-refractivity contribution in [2.24, 2.45) is 5.73 Å². The average Bonchev–Trinajstić information content (AvgIpc) is 2.50. The third kappa shape index (κ3) is 3.99. The summed E-state index contributed by atoms with van der Waals surface area (Å²) < 4.78 is 0. The van der Waals surface area contributed by atoms with Crippen molar-refractivity contribution in [2.45, 2.75) is 19.0 Å². The molecule has 0 aliphatic heterocycles. The Hall–Kier alpha value is -1.52. The van der Waals surface area contributed by atoms with E-state index in [1.54, 1.807) is 11.8 Å². The minimum Gasteiger partial charge on any atom is -0.351 e. The molecular weight excluding hydrogens is 268 g/mol. The first-order valence-electron chi connectivity index (χ1n) is 6.70. The van der Waals surface area contributed by atoms with Crippen LogP contribution in [-0.2, 0) is 11.3 Å². The second-order valence-electron chi connectivity index (χ2n) is 4.79. The Labute approximate surface area is 123 Å². The number of carbonyl (C=O) groups is 1. The number of benzene rings is 2. The molecule has 0 aliphatic carbocycles. The van der Waals surface area contributed by atoms with Crippen LogP contribution in [0.5, 0.6) is 0 Å². The third-order valence-electron chi connectivity index (χ3n) is 3.25. The van der Waals surface area contributed by atoms with Crippen molar-refractivity contribution in [2.75, 3.05) is 12.0 Å². The third-order valence-corrected chi connectivity index (χ3v) is 3.89. The Kier molecular flexibility index (Phi) is 5.44. The van der Waals surface area contributed by atoms with Crippen LogP contribution in [0.3, 0.4) is 0 Å². The van der Waals surface area contributed by atoms with Crippen molar-refractivity contribution in [3.8, 4) is 0 Å². The molecule has 1 amide bonds. The van der Waals surface area contributed by atoms with E-state index in [0.29, 0.717) is 13.0 Å². The molecule has 20 heavy (non-hydrogen) atoms. The van der Waals surface area contributed by atoms with Gasteiger partial charge in [-0.25, -0.2) is 0 Å². The van der Waals surface area contributed by atoms with Gasteiger partial charge in [-0.15, -0.1) is 0 Å². The van der Waals surface area contributed by atoms with Crippen molar-refractivity contribution < 1.29 is 4.79 Å². The molecule has 2 aromatic carbocycles. The van der Waals surface area contributed by atoms with Gasteiger partial charge in [0.15, 0.2) is 0 Å². The molecular formula is C16H20N2OS. The predicted molar refractivity (Wildman–Crippen MR) is 86.8 cm³/mol. The molecule has 2 aromatic rings. The lowest BCUT2D eigenvalue weighted by Gasteiger charge is -2.12. The standard InChI is InChI=1S/C16H20N2OS/c1-20-9-8-15(17)16(19)18-11-12-6-7-13-4-2-3-5-14(13)10-12/h2-7,10,15H,8-9,11,17H2,1H3,(H,18,19)/t15-/m0/s1. The van der Waals surface area contributed by atoms with Gasteiger partial charge in [0.2, 0.25) is 5.91 Å². The second-order valence-corrected chi connectivity index (χ2v) is 5.77. The quantitative estimate of drug-likeness (QED) is 0.859. The van der Waals surface area contributed by atoms with E-state index in [4.69, 9.17) is 5.73 Å². The van der Waals surface area contributed by atoms with Crippen LogP contribution in [0.2, 0.25) is 0 Å². The average molecular weight is 288 g/mol. The van der Waals surface area contributed by atoms with Gasteiger partial charge in [0.05, 0.1) is 6.04 Å². The highest BCUT2D eigenvalue weighted by Crippen LogP contribution is 2.15. The molecule has 2 rings (SSSR count). The summed E-state index contributed by atoms with van der Waals surface area (Å²) in [6.45, 7) is 0.524. The van der Waals surface area contributed by atoms with Gasteiger partial charge >= 0.3 is 0 Å². The molecule has 106 valence electrons. The minimum atomic E-state index is -0.414. The summed E-state index contributed by atoms with van der Waals surface area (Å²) in [6, 6.07) is 14.0. The van der Waals surface area contributed by atoms with Crippen LogP contribution in [0, 0.1) is 0 Å². The van der Waals surface area contributed by atoms with E-state index in [9.17, 15) is 4.79 Å². The highest BCUT2D eigenvalue weighted by molar-refractivity contribution is 7.98. The maximum absolute atomic E-state index is 11.8. The molecule has 3 N–H and O–H groups in total. The summed E-state index contributed by atoms with van der Waals surface area (Å²) in [6.07, 6.45) is 2.73. The Morgan fingerprint density at radius 1 is 1.25 bits per heavy atom. The first-order valence-corrected chi connectivity index (χ1v) is 8.10. The van der Waals surface area contributed by atoms with Gasteiger partial charge < -0.3 is 11.1 Å². The fourth-order valence-electron chi connectivity index (χ4n) is 2.04. The Bertz CT molecular complexity index is 585. The summed E-state index contributed by atoms with van der Waals surface area (Å²) >= 11 is 1.70. The molecule has 0 radical (unpaired) electrons. The zero-order chi connectivity index (χ0) is 14.4. The van der Waals surface area contributed by atoms with E-state index >= 15 is 0 Å². The van der Waals surface area contributed by atoms with E-state index in [1.807, 2.05) is 24.5 Å². The molecule has 4 heteroatoms. The highest BCUT2D eigenvalue weighted by Gasteiger charge is 2.12. The fraction of sp³-hybridized carbons (Fsp3) is 0.312. The van der Waals surface area contributed by atoms with E-state index in [1.165, 1.54) is 10.8 Å². The molecule has 0 spiro atoms. The van der Waals surface area contributed by atoms with Crippen molar-refractivity contribution in [1.82, 2.24) is 5.32 Å². The molecule has 0 saturated carbocycles. The van der Waals surface area contributed by atoms with Gasteiger partial charge in [-0.05, 0) is 40.8 Å². The number of hydrogen-bond donors (Lipinski definition) is 2. The fourth-order valence-corrected chi connectivity index (χ4v) is 2.53. The van der Waals surface area contributed by atoms with E-state index in [2.05, 4.69) is 29.6 Å². The molecule has 0 bridgehead atoms. The molecule has 3 nitrogen and oxygen atoms in total. The van der Waals surface area contributed by atoms with Crippen LogP contribution in [0.25, 0.3) is 10.8 Å². The van der Waals surface area contributed by atoms with Crippen molar-refractivity contribution in [3.05, 3.63) is 48.0 Å². The van der Waals surface area contributed by atoms with Gasteiger partial charge in [0.25, 0.3) is 0 Å². The van der Waals surface area contributed by atoms with Gasteiger partial charge in [-0.3, -0.25) is 4.79 Å². The summed E-state index contributed by atoms with van der Waals surface area (Å²) in [4.78, 5) is 11.8.